The molecule has 1 amide bonds. The van der Waals surface area contributed by atoms with Gasteiger partial charge < -0.3 is 9.64 Å². The van der Waals surface area contributed by atoms with Crippen LogP contribution in [0, 0.1) is 0 Å². The first-order valence-electron chi connectivity index (χ1n) is 8.76. The summed E-state index contributed by atoms with van der Waals surface area (Å²) in [5.74, 6) is 0.0357. The molecule has 2 aliphatic heterocycles. The lowest BCUT2D eigenvalue weighted by Gasteiger charge is -2.26. The van der Waals surface area contributed by atoms with E-state index in [0.717, 1.165) is 17.0 Å². The van der Waals surface area contributed by atoms with E-state index in [9.17, 15) is 4.79 Å². The van der Waals surface area contributed by atoms with Gasteiger partial charge in [0.05, 0.1) is 24.4 Å². The molecule has 2 aliphatic rings. The normalized spacial score (nSPS) is 21.3. The highest BCUT2D eigenvalue weighted by Gasteiger charge is 2.42. The minimum atomic E-state index is -0.0412. The number of ether oxygens (including phenoxy) is 1. The van der Waals surface area contributed by atoms with Crippen molar-refractivity contribution in [2.75, 3.05) is 13.1 Å². The van der Waals surface area contributed by atoms with Crippen molar-refractivity contribution in [2.24, 2.45) is 0 Å². The fourth-order valence-electron chi connectivity index (χ4n) is 3.80. The Bertz CT molecular complexity index is 939. The number of hydrogen-bond donors (Lipinski definition) is 0. The zero-order valence-corrected chi connectivity index (χ0v) is 14.2. The van der Waals surface area contributed by atoms with Crippen LogP contribution >= 0.6 is 0 Å². The second kappa shape index (κ2) is 6.07. The Balaban J connectivity index is 1.43. The summed E-state index contributed by atoms with van der Waals surface area (Å²) >= 11 is 0. The van der Waals surface area contributed by atoms with Gasteiger partial charge in [0.2, 0.25) is 0 Å². The summed E-state index contributed by atoms with van der Waals surface area (Å²) in [6.45, 7) is 1.63. The SMILES string of the molecule is O=C(c1ccccc1)N1CC2OCc3c(-c4ccccc4)nnn3[C@@H]2C1. The molecular formula is C20H18N4O2. The molecule has 1 aromatic heterocycles. The summed E-state index contributed by atoms with van der Waals surface area (Å²) < 4.78 is 8.02. The number of carbonyl (C=O) groups is 1. The number of rotatable bonds is 2. The smallest absolute Gasteiger partial charge is 0.254 e. The molecule has 1 saturated heterocycles. The molecule has 0 N–H and O–H groups in total. The van der Waals surface area contributed by atoms with Crippen molar-refractivity contribution >= 4 is 5.91 Å². The lowest BCUT2D eigenvalue weighted by Crippen LogP contribution is -2.32. The Morgan fingerprint density at radius 2 is 1.73 bits per heavy atom. The number of fused-ring (bicyclic) bond motifs is 3. The van der Waals surface area contributed by atoms with Gasteiger partial charge in [-0.1, -0.05) is 53.7 Å². The van der Waals surface area contributed by atoms with Gasteiger partial charge in [-0.05, 0) is 12.1 Å². The Morgan fingerprint density at radius 1 is 1.00 bits per heavy atom. The Kier molecular flexibility index (Phi) is 3.57. The summed E-state index contributed by atoms with van der Waals surface area (Å²) in [6.07, 6.45) is -0.0412. The third-order valence-corrected chi connectivity index (χ3v) is 5.13. The van der Waals surface area contributed by atoms with Crippen molar-refractivity contribution in [3.8, 4) is 11.3 Å². The van der Waals surface area contributed by atoms with Gasteiger partial charge in [-0.25, -0.2) is 4.68 Å². The Labute approximate surface area is 151 Å². The molecule has 6 heteroatoms. The zero-order valence-electron chi connectivity index (χ0n) is 14.2. The van der Waals surface area contributed by atoms with Crippen molar-refractivity contribution < 1.29 is 9.53 Å². The molecule has 6 nitrogen and oxygen atoms in total. The van der Waals surface area contributed by atoms with Crippen LogP contribution in [-0.2, 0) is 11.3 Å². The molecule has 2 atom stereocenters. The van der Waals surface area contributed by atoms with E-state index >= 15 is 0 Å². The summed E-state index contributed by atoms with van der Waals surface area (Å²) in [5, 5.41) is 8.78. The van der Waals surface area contributed by atoms with E-state index in [-0.39, 0.29) is 18.1 Å². The van der Waals surface area contributed by atoms with Crippen molar-refractivity contribution in [1.82, 2.24) is 19.9 Å². The summed E-state index contributed by atoms with van der Waals surface area (Å²) in [4.78, 5) is 14.6. The fourth-order valence-corrected chi connectivity index (χ4v) is 3.80. The van der Waals surface area contributed by atoms with Gasteiger partial charge >= 0.3 is 0 Å². The highest BCUT2D eigenvalue weighted by molar-refractivity contribution is 5.94. The first-order chi connectivity index (χ1) is 12.8. The molecular weight excluding hydrogens is 328 g/mol. The predicted molar refractivity (Wildman–Crippen MR) is 95.4 cm³/mol. The quantitative estimate of drug-likeness (QED) is 0.715. The summed E-state index contributed by atoms with van der Waals surface area (Å²) in [5.41, 5.74) is 3.57. The van der Waals surface area contributed by atoms with Crippen molar-refractivity contribution in [1.29, 1.82) is 0 Å². The molecule has 0 bridgehead atoms. The molecule has 0 aliphatic carbocycles. The number of nitrogens with zero attached hydrogens (tertiary/aromatic N) is 4. The second-order valence-electron chi connectivity index (χ2n) is 6.69. The van der Waals surface area contributed by atoms with E-state index in [1.54, 1.807) is 0 Å². The average molecular weight is 346 g/mol. The van der Waals surface area contributed by atoms with Crippen LogP contribution in [0.3, 0.4) is 0 Å². The fraction of sp³-hybridized carbons (Fsp3) is 0.250. The average Bonchev–Trinajstić information content (AvgIpc) is 3.32. The molecule has 1 unspecified atom stereocenters. The third-order valence-electron chi connectivity index (χ3n) is 5.13. The third kappa shape index (κ3) is 2.42. The maximum Gasteiger partial charge on any atom is 0.254 e. The van der Waals surface area contributed by atoms with Crippen molar-refractivity contribution in [3.05, 3.63) is 71.9 Å². The number of hydrogen-bond acceptors (Lipinski definition) is 4. The topological polar surface area (TPSA) is 60.3 Å². The molecule has 3 aromatic rings. The lowest BCUT2D eigenvalue weighted by atomic mass is 10.1. The Hall–Kier alpha value is -2.99. The molecule has 0 spiro atoms. The minimum Gasteiger partial charge on any atom is -0.368 e. The zero-order chi connectivity index (χ0) is 17.5. The standard InChI is InChI=1S/C20H18N4O2/c25-20(15-9-5-2-6-10-15)23-11-16-18(12-23)26-13-17-19(21-22-24(16)17)14-7-3-1-4-8-14/h1-10,16,18H,11-13H2/t16-,18?/m1/s1. The van der Waals surface area contributed by atoms with E-state index in [1.165, 1.54) is 0 Å². The molecule has 26 heavy (non-hydrogen) atoms. The number of carbonyl (C=O) groups excluding carboxylic acids is 1. The predicted octanol–water partition coefficient (Wildman–Crippen LogP) is 2.54. The van der Waals surface area contributed by atoms with Gasteiger partial charge in [-0.15, -0.1) is 5.10 Å². The molecule has 1 fully saturated rings. The van der Waals surface area contributed by atoms with Crippen LogP contribution in [0.5, 0.6) is 0 Å². The molecule has 0 saturated carbocycles. The van der Waals surface area contributed by atoms with Gasteiger partial charge in [-0.2, -0.15) is 0 Å². The van der Waals surface area contributed by atoms with Crippen LogP contribution in [0.25, 0.3) is 11.3 Å². The van der Waals surface area contributed by atoms with Crippen molar-refractivity contribution in [2.45, 2.75) is 18.8 Å². The first kappa shape index (κ1) is 15.3. The molecule has 0 radical (unpaired) electrons. The number of amides is 1. The minimum absolute atomic E-state index is 0.0105. The maximum absolute atomic E-state index is 12.8. The van der Waals surface area contributed by atoms with E-state index in [2.05, 4.69) is 10.3 Å². The highest BCUT2D eigenvalue weighted by Crippen LogP contribution is 2.34. The van der Waals surface area contributed by atoms with E-state index in [1.807, 2.05) is 70.2 Å². The molecule has 130 valence electrons. The maximum atomic E-state index is 12.8. The van der Waals surface area contributed by atoms with Crippen LogP contribution < -0.4 is 0 Å². The van der Waals surface area contributed by atoms with Gasteiger partial charge in [-0.3, -0.25) is 4.79 Å². The van der Waals surface area contributed by atoms with Crippen LogP contribution in [0.2, 0.25) is 0 Å². The van der Waals surface area contributed by atoms with Crippen molar-refractivity contribution in [3.63, 3.8) is 0 Å². The van der Waals surface area contributed by atoms with Gasteiger partial charge in [0, 0.05) is 24.2 Å². The highest BCUT2D eigenvalue weighted by atomic mass is 16.5. The number of likely N-dealkylation sites (tertiary alicyclic amines) is 1. The van der Waals surface area contributed by atoms with E-state index in [4.69, 9.17) is 4.74 Å². The first-order valence-corrected chi connectivity index (χ1v) is 8.76. The summed E-state index contributed by atoms with van der Waals surface area (Å²) in [6, 6.07) is 19.4. The van der Waals surface area contributed by atoms with Crippen LogP contribution in [0.4, 0.5) is 0 Å². The van der Waals surface area contributed by atoms with Crippen LogP contribution in [0.15, 0.2) is 60.7 Å². The second-order valence-corrected chi connectivity index (χ2v) is 6.69. The summed E-state index contributed by atoms with van der Waals surface area (Å²) in [7, 11) is 0. The monoisotopic (exact) mass is 346 g/mol. The molecule has 5 rings (SSSR count). The van der Waals surface area contributed by atoms with E-state index in [0.29, 0.717) is 25.3 Å². The van der Waals surface area contributed by atoms with Gasteiger partial charge in [0.25, 0.3) is 5.91 Å². The lowest BCUT2D eigenvalue weighted by molar-refractivity contribution is -0.00462. The van der Waals surface area contributed by atoms with E-state index < -0.39 is 0 Å². The Morgan fingerprint density at radius 3 is 2.50 bits per heavy atom. The molecule has 2 aromatic carbocycles. The number of benzene rings is 2. The largest absolute Gasteiger partial charge is 0.368 e. The number of aromatic nitrogens is 3. The van der Waals surface area contributed by atoms with Gasteiger partial charge in [0.15, 0.2) is 0 Å². The van der Waals surface area contributed by atoms with Crippen LogP contribution in [-0.4, -0.2) is 45.0 Å². The van der Waals surface area contributed by atoms with Crippen LogP contribution in [0.1, 0.15) is 22.1 Å². The van der Waals surface area contributed by atoms with Gasteiger partial charge in [0.1, 0.15) is 5.69 Å². The molecule has 3 heterocycles.